The topological polar surface area (TPSA) is 89.1 Å². The summed E-state index contributed by atoms with van der Waals surface area (Å²) in [6, 6.07) is 0.227. The van der Waals surface area contributed by atoms with E-state index in [4.69, 9.17) is 9.47 Å². The lowest BCUT2D eigenvalue weighted by molar-refractivity contribution is -0.124. The molecular weight excluding hydrogens is 212 g/mol. The van der Waals surface area contributed by atoms with E-state index in [0.29, 0.717) is 13.2 Å². The monoisotopic (exact) mass is 226 g/mol. The maximum Gasteiger partial charge on any atom is 0.337 e. The second-order valence-electron chi connectivity index (χ2n) is 3.39. The highest BCUT2D eigenvalue weighted by Crippen LogP contribution is 2.14. The zero-order valence-corrected chi connectivity index (χ0v) is 9.02. The molecule has 1 aliphatic heterocycles. The predicted molar refractivity (Wildman–Crippen MR) is 55.2 cm³/mol. The summed E-state index contributed by atoms with van der Waals surface area (Å²) in [4.78, 5) is 15.6. The van der Waals surface area contributed by atoms with Gasteiger partial charge in [-0.05, 0) is 19.8 Å². The van der Waals surface area contributed by atoms with E-state index < -0.39 is 0 Å². The summed E-state index contributed by atoms with van der Waals surface area (Å²) in [5, 5.41) is 8.93. The van der Waals surface area contributed by atoms with Crippen LogP contribution in [0.3, 0.4) is 0 Å². The highest BCUT2D eigenvalue weighted by Gasteiger charge is 2.24. The summed E-state index contributed by atoms with van der Waals surface area (Å²) in [5.74, 6) is 0.0839. The molecule has 7 heteroatoms. The molecule has 0 spiro atoms. The van der Waals surface area contributed by atoms with Gasteiger partial charge in [-0.2, -0.15) is 4.98 Å². The normalized spacial score (nSPS) is 19.7. The molecule has 1 aromatic heterocycles. The largest absolute Gasteiger partial charge is 0.463 e. The predicted octanol–water partition coefficient (Wildman–Crippen LogP) is 0.321. The van der Waals surface area contributed by atoms with Crippen LogP contribution in [0.4, 0.5) is 5.95 Å². The summed E-state index contributed by atoms with van der Waals surface area (Å²) in [7, 11) is 0. The van der Waals surface area contributed by atoms with Crippen molar-refractivity contribution in [3.63, 3.8) is 0 Å². The van der Waals surface area contributed by atoms with Gasteiger partial charge in [-0.15, -0.1) is 5.10 Å². The third kappa shape index (κ3) is 2.48. The number of nitrogens with zero attached hydrogens (tertiary/aromatic N) is 2. The second kappa shape index (κ2) is 4.93. The minimum absolute atomic E-state index is 0.198. The Morgan fingerprint density at radius 1 is 1.75 bits per heavy atom. The van der Waals surface area contributed by atoms with Gasteiger partial charge in [0, 0.05) is 6.61 Å². The number of carbonyl (C=O) groups excluding carboxylic acids is 1. The molecule has 2 N–H and O–H groups in total. The summed E-state index contributed by atoms with van der Waals surface area (Å²) in [5.41, 5.74) is 0. The Morgan fingerprint density at radius 2 is 2.62 bits per heavy atom. The summed E-state index contributed by atoms with van der Waals surface area (Å²) >= 11 is 0. The first-order valence-corrected chi connectivity index (χ1v) is 5.27. The maximum absolute atomic E-state index is 11.6. The van der Waals surface area contributed by atoms with Gasteiger partial charge < -0.3 is 9.47 Å². The molecule has 0 unspecified atom stereocenters. The van der Waals surface area contributed by atoms with E-state index in [1.807, 2.05) is 6.92 Å². The molecule has 1 atom stereocenters. The first-order valence-electron chi connectivity index (χ1n) is 5.27. The lowest BCUT2D eigenvalue weighted by Gasteiger charge is -2.07. The Morgan fingerprint density at radius 3 is 3.31 bits per heavy atom. The van der Waals surface area contributed by atoms with Crippen LogP contribution in [0.5, 0.6) is 6.01 Å². The molecule has 88 valence electrons. The van der Waals surface area contributed by atoms with Gasteiger partial charge in [0.05, 0.1) is 6.61 Å². The molecule has 1 saturated heterocycles. The minimum Gasteiger partial charge on any atom is -0.463 e. The fraction of sp³-hybridized carbons (Fsp3) is 0.667. The van der Waals surface area contributed by atoms with Crippen LogP contribution in [0.25, 0.3) is 0 Å². The van der Waals surface area contributed by atoms with E-state index in [0.717, 1.165) is 12.8 Å². The molecule has 1 aliphatic rings. The number of rotatable bonds is 4. The standard InChI is InChI=1S/C9H14N4O3/c1-2-15-9-11-8(12-13-9)10-7(14)6-4-3-5-16-6/h6H,2-5H2,1H3,(H2,10,11,12,13,14)/t6-/m0/s1. The van der Waals surface area contributed by atoms with Crippen molar-refractivity contribution in [2.75, 3.05) is 18.5 Å². The minimum atomic E-state index is -0.374. The number of aromatic amines is 1. The molecule has 16 heavy (non-hydrogen) atoms. The smallest absolute Gasteiger partial charge is 0.337 e. The van der Waals surface area contributed by atoms with E-state index >= 15 is 0 Å². The van der Waals surface area contributed by atoms with Crippen LogP contribution >= 0.6 is 0 Å². The molecule has 1 amide bonds. The van der Waals surface area contributed by atoms with Crippen LogP contribution in [-0.4, -0.2) is 40.4 Å². The van der Waals surface area contributed by atoms with Crippen LogP contribution in [0.2, 0.25) is 0 Å². The number of amides is 1. The summed E-state index contributed by atoms with van der Waals surface area (Å²) < 4.78 is 10.3. The molecule has 7 nitrogen and oxygen atoms in total. The van der Waals surface area contributed by atoms with Gasteiger partial charge in [0.15, 0.2) is 0 Å². The Labute approximate surface area is 92.5 Å². The number of hydrogen-bond acceptors (Lipinski definition) is 5. The average Bonchev–Trinajstić information content (AvgIpc) is 2.89. The van der Waals surface area contributed by atoms with Crippen LogP contribution in [-0.2, 0) is 9.53 Å². The van der Waals surface area contributed by atoms with Gasteiger partial charge in [0.2, 0.25) is 5.95 Å². The van der Waals surface area contributed by atoms with Crippen molar-refractivity contribution in [3.8, 4) is 6.01 Å². The van der Waals surface area contributed by atoms with E-state index in [2.05, 4.69) is 20.5 Å². The Balaban J connectivity index is 1.89. The quantitative estimate of drug-likeness (QED) is 0.771. The Kier molecular flexibility index (Phi) is 3.35. The molecule has 0 bridgehead atoms. The summed E-state index contributed by atoms with van der Waals surface area (Å²) in [6.45, 7) is 2.96. The Bertz CT molecular complexity index is 359. The lowest BCUT2D eigenvalue weighted by atomic mass is 10.2. The highest BCUT2D eigenvalue weighted by atomic mass is 16.5. The van der Waals surface area contributed by atoms with Gasteiger partial charge in [0.1, 0.15) is 6.10 Å². The average molecular weight is 226 g/mol. The second-order valence-corrected chi connectivity index (χ2v) is 3.39. The molecule has 0 aliphatic carbocycles. The summed E-state index contributed by atoms with van der Waals surface area (Å²) in [6.07, 6.45) is 1.29. The van der Waals surface area contributed by atoms with E-state index in [1.165, 1.54) is 0 Å². The van der Waals surface area contributed by atoms with Gasteiger partial charge in [0.25, 0.3) is 5.91 Å². The molecule has 1 aromatic rings. The molecular formula is C9H14N4O3. The maximum atomic E-state index is 11.6. The zero-order valence-electron chi connectivity index (χ0n) is 9.02. The van der Waals surface area contributed by atoms with Crippen molar-refractivity contribution in [3.05, 3.63) is 0 Å². The van der Waals surface area contributed by atoms with Crippen LogP contribution < -0.4 is 10.1 Å². The SMILES string of the molecule is CCOc1n[nH]c(NC(=O)[C@@H]2CCCO2)n1. The first-order chi connectivity index (χ1) is 7.79. The highest BCUT2D eigenvalue weighted by molar-refractivity contribution is 5.92. The van der Waals surface area contributed by atoms with Crippen molar-refractivity contribution in [1.29, 1.82) is 0 Å². The molecule has 0 saturated carbocycles. The van der Waals surface area contributed by atoms with Crippen molar-refractivity contribution in [1.82, 2.24) is 15.2 Å². The van der Waals surface area contributed by atoms with Crippen LogP contribution in [0.15, 0.2) is 0 Å². The number of nitrogens with one attached hydrogen (secondary N) is 2. The fourth-order valence-electron chi connectivity index (χ4n) is 1.48. The van der Waals surface area contributed by atoms with Crippen molar-refractivity contribution in [2.45, 2.75) is 25.9 Å². The van der Waals surface area contributed by atoms with Gasteiger partial charge >= 0.3 is 6.01 Å². The zero-order chi connectivity index (χ0) is 11.4. The fourth-order valence-corrected chi connectivity index (χ4v) is 1.48. The van der Waals surface area contributed by atoms with Gasteiger partial charge in [-0.3, -0.25) is 10.1 Å². The van der Waals surface area contributed by atoms with E-state index in [9.17, 15) is 4.79 Å². The first kappa shape index (κ1) is 10.9. The molecule has 1 fully saturated rings. The van der Waals surface area contributed by atoms with E-state index in [1.54, 1.807) is 0 Å². The number of hydrogen-bond donors (Lipinski definition) is 2. The number of aromatic nitrogens is 3. The van der Waals surface area contributed by atoms with Crippen molar-refractivity contribution >= 4 is 11.9 Å². The van der Waals surface area contributed by atoms with Gasteiger partial charge in [-0.25, -0.2) is 5.10 Å². The van der Waals surface area contributed by atoms with E-state index in [-0.39, 0.29) is 24.0 Å². The molecule has 0 radical (unpaired) electrons. The molecule has 2 rings (SSSR count). The molecule has 2 heterocycles. The number of anilines is 1. The number of carbonyl (C=O) groups is 1. The van der Waals surface area contributed by atoms with Crippen LogP contribution in [0.1, 0.15) is 19.8 Å². The lowest BCUT2D eigenvalue weighted by Crippen LogP contribution is -2.27. The Hall–Kier alpha value is -1.63. The van der Waals surface area contributed by atoms with Crippen molar-refractivity contribution in [2.24, 2.45) is 0 Å². The van der Waals surface area contributed by atoms with Crippen molar-refractivity contribution < 1.29 is 14.3 Å². The number of H-pyrrole nitrogens is 1. The molecule has 0 aromatic carbocycles. The number of ether oxygens (including phenoxy) is 2. The third-order valence-electron chi connectivity index (χ3n) is 2.20. The van der Waals surface area contributed by atoms with Crippen LogP contribution in [0, 0.1) is 0 Å². The van der Waals surface area contributed by atoms with Gasteiger partial charge in [-0.1, -0.05) is 0 Å². The third-order valence-corrected chi connectivity index (χ3v) is 2.20.